The number of methoxy groups -OCH3 is 1. The summed E-state index contributed by atoms with van der Waals surface area (Å²) < 4.78 is 7.26. The number of hydrogen-bond acceptors (Lipinski definition) is 3. The van der Waals surface area contributed by atoms with Crippen molar-refractivity contribution in [3.05, 3.63) is 60.0 Å². The fraction of sp³-hybridized carbons (Fsp3) is 0.364. The van der Waals surface area contributed by atoms with Gasteiger partial charge in [0.05, 0.1) is 13.2 Å². The fourth-order valence-electron chi connectivity index (χ4n) is 3.54. The van der Waals surface area contributed by atoms with Crippen LogP contribution in [0.3, 0.4) is 0 Å². The van der Waals surface area contributed by atoms with Crippen LogP contribution >= 0.6 is 0 Å². The van der Waals surface area contributed by atoms with E-state index in [2.05, 4.69) is 11.9 Å². The molecule has 0 spiro atoms. The molecule has 0 radical (unpaired) electrons. The van der Waals surface area contributed by atoms with E-state index in [1.54, 1.807) is 13.3 Å². The van der Waals surface area contributed by atoms with Crippen molar-refractivity contribution in [2.75, 3.05) is 14.2 Å². The lowest BCUT2D eigenvalue weighted by molar-refractivity contribution is 0.0711. The summed E-state index contributed by atoms with van der Waals surface area (Å²) >= 11 is 0. The number of fused-ring (bicyclic) bond motifs is 1. The molecule has 142 valence electrons. The molecule has 0 aliphatic carbocycles. The van der Waals surface area contributed by atoms with Gasteiger partial charge in [0.1, 0.15) is 11.4 Å². The Morgan fingerprint density at radius 2 is 2.11 bits per heavy atom. The maximum absolute atomic E-state index is 13.3. The summed E-state index contributed by atoms with van der Waals surface area (Å²) in [7, 11) is 5.46. The molecule has 3 rings (SSSR count). The lowest BCUT2D eigenvalue weighted by atomic mass is 10.0. The Morgan fingerprint density at radius 3 is 2.78 bits per heavy atom. The number of carbonyl (C=O) groups excluding carboxylic acids is 1. The minimum Gasteiger partial charge on any atom is -0.497 e. The standard InChI is InChI=1S/C22H27N3O2/c1-5-6-9-19(16-8-7-12-23-15-16)25(3)22(26)21-14-17-13-18(27-4)10-11-20(17)24(21)2/h7-8,10-15,19H,5-6,9H2,1-4H3/t19-/m1/s1. The third-order valence-electron chi connectivity index (χ3n) is 5.16. The average Bonchev–Trinajstić information content (AvgIpc) is 3.04. The molecule has 0 saturated carbocycles. The van der Waals surface area contributed by atoms with E-state index in [4.69, 9.17) is 4.74 Å². The Bertz CT molecular complexity index is 918. The third-order valence-corrected chi connectivity index (χ3v) is 5.16. The molecule has 0 N–H and O–H groups in total. The summed E-state index contributed by atoms with van der Waals surface area (Å²) in [6.07, 6.45) is 6.69. The van der Waals surface area contributed by atoms with Gasteiger partial charge in [-0.1, -0.05) is 25.8 Å². The molecular formula is C22H27N3O2. The first-order valence-corrected chi connectivity index (χ1v) is 9.37. The molecule has 2 aromatic heterocycles. The SMILES string of the molecule is CCCC[C@H](c1cccnc1)N(C)C(=O)c1cc2cc(OC)ccc2n1C. The van der Waals surface area contributed by atoms with E-state index in [0.29, 0.717) is 5.69 Å². The van der Waals surface area contributed by atoms with E-state index in [1.807, 2.05) is 66.2 Å². The highest BCUT2D eigenvalue weighted by Gasteiger charge is 2.25. The highest BCUT2D eigenvalue weighted by molar-refractivity contribution is 5.99. The summed E-state index contributed by atoms with van der Waals surface area (Å²) in [6, 6.07) is 11.8. The van der Waals surface area contributed by atoms with E-state index < -0.39 is 0 Å². The molecule has 3 aromatic rings. The monoisotopic (exact) mass is 365 g/mol. The van der Waals surface area contributed by atoms with Gasteiger partial charge in [0.15, 0.2) is 0 Å². The van der Waals surface area contributed by atoms with Gasteiger partial charge < -0.3 is 14.2 Å². The van der Waals surface area contributed by atoms with Crippen molar-refractivity contribution in [3.8, 4) is 5.75 Å². The van der Waals surface area contributed by atoms with Crippen LogP contribution in [0.15, 0.2) is 48.8 Å². The van der Waals surface area contributed by atoms with Crippen LogP contribution in [0.5, 0.6) is 5.75 Å². The molecule has 0 aliphatic heterocycles. The quantitative estimate of drug-likeness (QED) is 0.615. The zero-order valence-corrected chi connectivity index (χ0v) is 16.5. The number of rotatable bonds is 7. The van der Waals surface area contributed by atoms with Crippen LogP contribution in [0.2, 0.25) is 0 Å². The molecule has 27 heavy (non-hydrogen) atoms. The molecule has 0 aliphatic rings. The van der Waals surface area contributed by atoms with Gasteiger partial charge in [-0.15, -0.1) is 0 Å². The lowest BCUT2D eigenvalue weighted by Crippen LogP contribution is -2.32. The summed E-state index contributed by atoms with van der Waals surface area (Å²) in [6.45, 7) is 2.17. The second kappa shape index (κ2) is 8.25. The minimum atomic E-state index is 0.0117. The van der Waals surface area contributed by atoms with Gasteiger partial charge in [-0.3, -0.25) is 9.78 Å². The smallest absolute Gasteiger partial charge is 0.270 e. The number of unbranched alkanes of at least 4 members (excludes halogenated alkanes) is 1. The first-order valence-electron chi connectivity index (χ1n) is 9.37. The van der Waals surface area contributed by atoms with Crippen LogP contribution in [0.4, 0.5) is 0 Å². The second-order valence-electron chi connectivity index (χ2n) is 6.87. The maximum atomic E-state index is 13.3. The van der Waals surface area contributed by atoms with E-state index in [-0.39, 0.29) is 11.9 Å². The Morgan fingerprint density at radius 1 is 1.30 bits per heavy atom. The van der Waals surface area contributed by atoms with Crippen LogP contribution in [-0.4, -0.2) is 34.5 Å². The van der Waals surface area contributed by atoms with E-state index in [1.165, 1.54) is 0 Å². The first-order chi connectivity index (χ1) is 13.1. The third kappa shape index (κ3) is 3.82. The predicted molar refractivity (Wildman–Crippen MR) is 108 cm³/mol. The van der Waals surface area contributed by atoms with Crippen LogP contribution in [0.25, 0.3) is 10.9 Å². The number of ether oxygens (including phenoxy) is 1. The molecule has 5 heteroatoms. The number of amides is 1. The molecule has 0 unspecified atom stereocenters. The molecule has 2 heterocycles. The van der Waals surface area contributed by atoms with Gasteiger partial charge in [0.2, 0.25) is 0 Å². The van der Waals surface area contributed by atoms with Crippen LogP contribution in [-0.2, 0) is 7.05 Å². The highest BCUT2D eigenvalue weighted by Crippen LogP contribution is 2.29. The van der Waals surface area contributed by atoms with E-state index in [0.717, 1.165) is 41.5 Å². The van der Waals surface area contributed by atoms with E-state index in [9.17, 15) is 4.79 Å². The van der Waals surface area contributed by atoms with Gasteiger partial charge >= 0.3 is 0 Å². The number of benzene rings is 1. The zero-order valence-electron chi connectivity index (χ0n) is 16.5. The number of nitrogens with zero attached hydrogens (tertiary/aromatic N) is 3. The lowest BCUT2D eigenvalue weighted by Gasteiger charge is -2.28. The van der Waals surface area contributed by atoms with Crippen molar-refractivity contribution >= 4 is 16.8 Å². The van der Waals surface area contributed by atoms with Crippen LogP contribution in [0.1, 0.15) is 48.3 Å². The molecular weight excluding hydrogens is 338 g/mol. The van der Waals surface area contributed by atoms with Gasteiger partial charge in [-0.2, -0.15) is 0 Å². The molecule has 5 nitrogen and oxygen atoms in total. The summed E-state index contributed by atoms with van der Waals surface area (Å²) in [5, 5.41) is 1.00. The summed E-state index contributed by atoms with van der Waals surface area (Å²) in [5.74, 6) is 0.800. The Balaban J connectivity index is 1.95. The van der Waals surface area contributed by atoms with Crippen molar-refractivity contribution in [2.45, 2.75) is 32.2 Å². The maximum Gasteiger partial charge on any atom is 0.270 e. The van der Waals surface area contributed by atoms with Crippen molar-refractivity contribution < 1.29 is 9.53 Å². The van der Waals surface area contributed by atoms with Gasteiger partial charge in [-0.25, -0.2) is 0 Å². The second-order valence-corrected chi connectivity index (χ2v) is 6.87. The average molecular weight is 365 g/mol. The molecule has 1 amide bonds. The Hall–Kier alpha value is -2.82. The van der Waals surface area contributed by atoms with Gasteiger partial charge in [-0.05, 0) is 42.3 Å². The Labute approximate surface area is 160 Å². The first kappa shape index (κ1) is 19.0. The van der Waals surface area contributed by atoms with Crippen LogP contribution in [0, 0.1) is 0 Å². The normalized spacial score (nSPS) is 12.1. The van der Waals surface area contributed by atoms with E-state index >= 15 is 0 Å². The van der Waals surface area contributed by atoms with Gasteiger partial charge in [0.25, 0.3) is 5.91 Å². The van der Waals surface area contributed by atoms with Gasteiger partial charge in [0, 0.05) is 37.4 Å². The highest BCUT2D eigenvalue weighted by atomic mass is 16.5. The largest absolute Gasteiger partial charge is 0.497 e. The summed E-state index contributed by atoms with van der Waals surface area (Å²) in [4.78, 5) is 19.4. The number of hydrogen-bond donors (Lipinski definition) is 0. The van der Waals surface area contributed by atoms with Crippen LogP contribution < -0.4 is 4.74 Å². The van der Waals surface area contributed by atoms with Crippen molar-refractivity contribution in [1.82, 2.24) is 14.5 Å². The number of aryl methyl sites for hydroxylation is 1. The topological polar surface area (TPSA) is 47.4 Å². The zero-order chi connectivity index (χ0) is 19.4. The van der Waals surface area contributed by atoms with Crippen molar-refractivity contribution in [1.29, 1.82) is 0 Å². The predicted octanol–water partition coefficient (Wildman–Crippen LogP) is 4.59. The number of carbonyl (C=O) groups is 1. The van der Waals surface area contributed by atoms with Crippen molar-refractivity contribution in [2.24, 2.45) is 7.05 Å². The minimum absolute atomic E-state index is 0.0117. The molecule has 0 bridgehead atoms. The Kier molecular flexibility index (Phi) is 5.79. The fourth-order valence-corrected chi connectivity index (χ4v) is 3.54. The molecule has 0 saturated heterocycles. The molecule has 0 fully saturated rings. The number of aromatic nitrogens is 2. The molecule has 1 aromatic carbocycles. The number of pyridine rings is 1. The van der Waals surface area contributed by atoms with Crippen molar-refractivity contribution in [3.63, 3.8) is 0 Å². The molecule has 1 atom stereocenters. The summed E-state index contributed by atoms with van der Waals surface area (Å²) in [5.41, 5.74) is 2.76.